The van der Waals surface area contributed by atoms with E-state index in [2.05, 4.69) is 10.6 Å². The van der Waals surface area contributed by atoms with Crippen molar-refractivity contribution in [2.24, 2.45) is 0 Å². The molecule has 0 fully saturated rings. The number of carboxylic acid groups (broad SMARTS) is 1. The van der Waals surface area contributed by atoms with E-state index in [1.807, 2.05) is 0 Å². The zero-order chi connectivity index (χ0) is 13.5. The predicted molar refractivity (Wildman–Crippen MR) is 62.1 cm³/mol. The lowest BCUT2D eigenvalue weighted by molar-refractivity contribution is -0.152. The number of nitrogens with one attached hydrogen (secondary N) is 2. The molecule has 0 saturated carbocycles. The van der Waals surface area contributed by atoms with Crippen molar-refractivity contribution in [3.05, 3.63) is 0 Å². The summed E-state index contributed by atoms with van der Waals surface area (Å²) in [6, 6.07) is 0. The van der Waals surface area contributed by atoms with Crippen LogP contribution in [0, 0.1) is 0 Å². The molecule has 0 radical (unpaired) electrons. The first-order valence-electron chi connectivity index (χ1n) is 5.77. The molecule has 0 unspecified atom stereocenters. The number of carbonyl (C=O) groups excluding carboxylic acids is 2. The van der Waals surface area contributed by atoms with Gasteiger partial charge in [0.15, 0.2) is 0 Å². The highest BCUT2D eigenvalue weighted by molar-refractivity contribution is 5.91. The summed E-state index contributed by atoms with van der Waals surface area (Å²) in [5, 5.41) is 14.0. The molecule has 0 spiro atoms. The van der Waals surface area contributed by atoms with Crippen molar-refractivity contribution < 1.29 is 19.5 Å². The van der Waals surface area contributed by atoms with Crippen molar-refractivity contribution in [2.45, 2.75) is 52.1 Å². The summed E-state index contributed by atoms with van der Waals surface area (Å²) in [5.41, 5.74) is -1.69. The summed E-state index contributed by atoms with van der Waals surface area (Å²) in [6.07, 6.45) is 1.02. The number of aliphatic carboxylic acids is 1. The van der Waals surface area contributed by atoms with Crippen LogP contribution in [0.1, 0.15) is 46.5 Å². The van der Waals surface area contributed by atoms with Gasteiger partial charge in [-0.3, -0.25) is 9.59 Å². The Balaban J connectivity index is 5.04. The molecule has 0 bridgehead atoms. The molecule has 6 nitrogen and oxygen atoms in total. The summed E-state index contributed by atoms with van der Waals surface area (Å²) in [6.45, 7) is 5.03. The summed E-state index contributed by atoms with van der Waals surface area (Å²) in [4.78, 5) is 34.0. The molecular formula is C11H20N2O4. The molecule has 0 aliphatic carbocycles. The molecule has 0 aromatic heterocycles. The van der Waals surface area contributed by atoms with E-state index in [1.165, 1.54) is 0 Å². The predicted octanol–water partition coefficient (Wildman–Crippen LogP) is 0.620. The molecule has 17 heavy (non-hydrogen) atoms. The lowest BCUT2D eigenvalue weighted by Crippen LogP contribution is -2.65. The van der Waals surface area contributed by atoms with E-state index in [9.17, 15) is 19.5 Å². The average Bonchev–Trinajstić information content (AvgIpc) is 2.28. The van der Waals surface area contributed by atoms with E-state index in [-0.39, 0.29) is 19.3 Å². The highest BCUT2D eigenvalue weighted by atomic mass is 16.4. The SMILES string of the molecule is CCCC(NC(=O)CC)(NC(=O)CC)C(=O)O. The van der Waals surface area contributed by atoms with E-state index in [0.29, 0.717) is 6.42 Å². The van der Waals surface area contributed by atoms with Crippen LogP contribution in [0.5, 0.6) is 0 Å². The van der Waals surface area contributed by atoms with E-state index in [4.69, 9.17) is 0 Å². The number of hydrogen-bond acceptors (Lipinski definition) is 3. The molecule has 2 amide bonds. The third-order valence-electron chi connectivity index (χ3n) is 2.34. The smallest absolute Gasteiger partial charge is 0.350 e. The van der Waals surface area contributed by atoms with Gasteiger partial charge in [-0.15, -0.1) is 0 Å². The van der Waals surface area contributed by atoms with Gasteiger partial charge in [-0.2, -0.15) is 0 Å². The minimum atomic E-state index is -1.69. The number of carbonyl (C=O) groups is 3. The molecule has 0 atom stereocenters. The third-order valence-corrected chi connectivity index (χ3v) is 2.34. The Bertz CT molecular complexity index is 284. The van der Waals surface area contributed by atoms with Crippen molar-refractivity contribution in [3.63, 3.8) is 0 Å². The van der Waals surface area contributed by atoms with Crippen LogP contribution < -0.4 is 10.6 Å². The van der Waals surface area contributed by atoms with Crippen molar-refractivity contribution in [1.82, 2.24) is 10.6 Å². The van der Waals surface area contributed by atoms with Crippen LogP contribution in [0.4, 0.5) is 0 Å². The number of amides is 2. The molecule has 0 saturated heterocycles. The minimum Gasteiger partial charge on any atom is -0.478 e. The lowest BCUT2D eigenvalue weighted by atomic mass is 10.0. The molecule has 0 aromatic rings. The summed E-state index contributed by atoms with van der Waals surface area (Å²) < 4.78 is 0. The quantitative estimate of drug-likeness (QED) is 0.572. The van der Waals surface area contributed by atoms with Crippen LogP contribution in [-0.4, -0.2) is 28.6 Å². The Morgan fingerprint density at radius 1 is 1.00 bits per heavy atom. The molecule has 3 N–H and O–H groups in total. The van der Waals surface area contributed by atoms with Crippen molar-refractivity contribution in [2.75, 3.05) is 0 Å². The largest absolute Gasteiger partial charge is 0.478 e. The van der Waals surface area contributed by atoms with Gasteiger partial charge in [0.25, 0.3) is 0 Å². The molecule has 0 aliphatic heterocycles. The van der Waals surface area contributed by atoms with Gasteiger partial charge in [0.1, 0.15) is 0 Å². The zero-order valence-corrected chi connectivity index (χ0v) is 10.5. The fraction of sp³-hybridized carbons (Fsp3) is 0.727. The Hall–Kier alpha value is -1.59. The monoisotopic (exact) mass is 244 g/mol. The van der Waals surface area contributed by atoms with Gasteiger partial charge in [0.2, 0.25) is 17.5 Å². The summed E-state index contributed by atoms with van der Waals surface area (Å²) >= 11 is 0. The van der Waals surface area contributed by atoms with Crippen LogP contribution in [0.25, 0.3) is 0 Å². The van der Waals surface area contributed by atoms with Crippen LogP contribution in [-0.2, 0) is 14.4 Å². The maximum Gasteiger partial charge on any atom is 0.350 e. The highest BCUT2D eigenvalue weighted by Gasteiger charge is 2.40. The molecule has 6 heteroatoms. The number of carboxylic acids is 1. The molecule has 0 aromatic carbocycles. The van der Waals surface area contributed by atoms with Gasteiger partial charge in [0, 0.05) is 19.3 Å². The summed E-state index contributed by atoms with van der Waals surface area (Å²) in [7, 11) is 0. The molecular weight excluding hydrogens is 224 g/mol. The first-order valence-corrected chi connectivity index (χ1v) is 5.77. The Morgan fingerprint density at radius 3 is 1.65 bits per heavy atom. The molecule has 0 rings (SSSR count). The van der Waals surface area contributed by atoms with Gasteiger partial charge >= 0.3 is 5.97 Å². The summed E-state index contributed by atoms with van der Waals surface area (Å²) in [5.74, 6) is -2.06. The second-order valence-corrected chi connectivity index (χ2v) is 3.76. The number of rotatable bonds is 7. The normalized spacial score (nSPS) is 10.8. The van der Waals surface area contributed by atoms with Crippen LogP contribution >= 0.6 is 0 Å². The fourth-order valence-corrected chi connectivity index (χ4v) is 1.40. The maximum absolute atomic E-state index is 11.4. The fourth-order valence-electron chi connectivity index (χ4n) is 1.40. The lowest BCUT2D eigenvalue weighted by Gasteiger charge is -2.31. The Morgan fingerprint density at radius 2 is 1.41 bits per heavy atom. The Kier molecular flexibility index (Phi) is 6.23. The van der Waals surface area contributed by atoms with Gasteiger partial charge in [-0.25, -0.2) is 4.79 Å². The zero-order valence-electron chi connectivity index (χ0n) is 10.5. The third kappa shape index (κ3) is 4.42. The first-order chi connectivity index (χ1) is 7.91. The van der Waals surface area contributed by atoms with Gasteiger partial charge in [-0.05, 0) is 0 Å². The van der Waals surface area contributed by atoms with Crippen molar-refractivity contribution in [1.29, 1.82) is 0 Å². The van der Waals surface area contributed by atoms with Crippen LogP contribution in [0.2, 0.25) is 0 Å². The van der Waals surface area contributed by atoms with E-state index < -0.39 is 23.4 Å². The maximum atomic E-state index is 11.4. The second kappa shape index (κ2) is 6.88. The molecule has 0 heterocycles. The Labute approximate surface area is 101 Å². The van der Waals surface area contributed by atoms with Crippen LogP contribution in [0.3, 0.4) is 0 Å². The minimum absolute atomic E-state index is 0.153. The highest BCUT2D eigenvalue weighted by Crippen LogP contribution is 2.11. The van der Waals surface area contributed by atoms with Crippen molar-refractivity contribution in [3.8, 4) is 0 Å². The standard InChI is InChI=1S/C11H20N2O4/c1-4-7-11(10(16)17,12-8(14)5-2)13-9(15)6-3/h4-7H2,1-3H3,(H,12,14)(H,13,15)(H,16,17). The van der Waals surface area contributed by atoms with E-state index in [1.54, 1.807) is 20.8 Å². The van der Waals surface area contributed by atoms with Gasteiger partial charge < -0.3 is 15.7 Å². The average molecular weight is 244 g/mol. The second-order valence-electron chi connectivity index (χ2n) is 3.76. The topological polar surface area (TPSA) is 95.5 Å². The number of hydrogen-bond donors (Lipinski definition) is 3. The molecule has 0 aliphatic rings. The van der Waals surface area contributed by atoms with Crippen LogP contribution in [0.15, 0.2) is 0 Å². The van der Waals surface area contributed by atoms with Gasteiger partial charge in [0.05, 0.1) is 0 Å². The van der Waals surface area contributed by atoms with Crippen molar-refractivity contribution >= 4 is 17.8 Å². The van der Waals surface area contributed by atoms with Gasteiger partial charge in [-0.1, -0.05) is 27.2 Å². The van der Waals surface area contributed by atoms with E-state index >= 15 is 0 Å². The van der Waals surface area contributed by atoms with E-state index in [0.717, 1.165) is 0 Å². The first kappa shape index (κ1) is 15.4. The molecule has 98 valence electrons.